The zero-order valence-electron chi connectivity index (χ0n) is 15.6. The molecule has 0 fully saturated rings. The van der Waals surface area contributed by atoms with Crippen molar-refractivity contribution in [1.29, 1.82) is 0 Å². The molecule has 0 spiro atoms. The summed E-state index contributed by atoms with van der Waals surface area (Å²) < 4.78 is 0. The first-order chi connectivity index (χ1) is 13.2. The van der Waals surface area contributed by atoms with Gasteiger partial charge in [-0.15, -0.1) is 0 Å². The van der Waals surface area contributed by atoms with E-state index in [1.807, 2.05) is 44.2 Å². The average molecular weight is 358 g/mol. The van der Waals surface area contributed by atoms with E-state index in [2.05, 4.69) is 33.1 Å². The van der Waals surface area contributed by atoms with Crippen LogP contribution in [0.5, 0.6) is 0 Å². The topological polar surface area (TPSA) is 49.3 Å². The quantitative estimate of drug-likeness (QED) is 0.703. The van der Waals surface area contributed by atoms with Crippen molar-refractivity contribution < 1.29 is 4.79 Å². The third-order valence-corrected chi connectivity index (χ3v) is 4.91. The van der Waals surface area contributed by atoms with Crippen LogP contribution in [0.1, 0.15) is 28.5 Å². The Kier molecular flexibility index (Phi) is 4.59. The van der Waals surface area contributed by atoms with Crippen LogP contribution in [0.15, 0.2) is 60.9 Å². The summed E-state index contributed by atoms with van der Waals surface area (Å²) in [7, 11) is 0. The molecule has 3 aromatic rings. The van der Waals surface area contributed by atoms with E-state index in [0.29, 0.717) is 12.2 Å². The highest BCUT2D eigenvalue weighted by atomic mass is 16.2. The van der Waals surface area contributed by atoms with Crippen molar-refractivity contribution in [3.63, 3.8) is 0 Å². The minimum atomic E-state index is -0.112. The van der Waals surface area contributed by atoms with E-state index >= 15 is 0 Å². The summed E-state index contributed by atoms with van der Waals surface area (Å²) in [5.74, 6) is 0.651. The maximum atomic E-state index is 13.1. The fraction of sp³-hybridized carbons (Fsp3) is 0.227. The van der Waals surface area contributed by atoms with E-state index in [0.717, 1.165) is 35.7 Å². The highest BCUT2D eigenvalue weighted by molar-refractivity contribution is 6.05. The molecule has 2 aromatic carbocycles. The van der Waals surface area contributed by atoms with Crippen molar-refractivity contribution in [2.24, 2.45) is 0 Å². The van der Waals surface area contributed by atoms with E-state index < -0.39 is 0 Å². The van der Waals surface area contributed by atoms with Crippen molar-refractivity contribution in [1.82, 2.24) is 9.97 Å². The molecule has 1 amide bonds. The zero-order chi connectivity index (χ0) is 18.8. The molecule has 0 aliphatic carbocycles. The number of carbonyl (C=O) groups excluding carboxylic acids is 1. The maximum Gasteiger partial charge on any atom is 0.277 e. The normalized spacial score (nSPS) is 12.7. The van der Waals surface area contributed by atoms with Crippen LogP contribution in [0.2, 0.25) is 0 Å². The van der Waals surface area contributed by atoms with Gasteiger partial charge in [0.25, 0.3) is 5.91 Å². The summed E-state index contributed by atoms with van der Waals surface area (Å²) in [4.78, 5) is 25.7. The average Bonchev–Trinajstić information content (AvgIpc) is 3.13. The predicted molar refractivity (Wildman–Crippen MR) is 108 cm³/mol. The van der Waals surface area contributed by atoms with Gasteiger partial charge >= 0.3 is 0 Å². The lowest BCUT2D eigenvalue weighted by molar-refractivity contribution is 0.0983. The first-order valence-corrected chi connectivity index (χ1v) is 9.23. The maximum absolute atomic E-state index is 13.1. The van der Waals surface area contributed by atoms with Gasteiger partial charge in [-0.25, -0.2) is 9.97 Å². The third-order valence-electron chi connectivity index (χ3n) is 4.91. The molecule has 1 aliphatic rings. The van der Waals surface area contributed by atoms with Crippen molar-refractivity contribution >= 4 is 23.1 Å². The number of amides is 1. The molecule has 0 saturated heterocycles. The number of para-hydroxylation sites is 1. The second-order valence-corrected chi connectivity index (χ2v) is 6.68. The lowest BCUT2D eigenvalue weighted by Crippen LogP contribution is -2.31. The molecule has 4 rings (SSSR count). The van der Waals surface area contributed by atoms with E-state index in [1.54, 1.807) is 11.0 Å². The number of aryl methyl sites for hydroxylation is 1. The monoisotopic (exact) mass is 358 g/mol. The Labute approximate surface area is 159 Å². The molecule has 27 heavy (non-hydrogen) atoms. The van der Waals surface area contributed by atoms with E-state index in [9.17, 15) is 4.79 Å². The lowest BCUT2D eigenvalue weighted by Gasteiger charge is -2.22. The molecule has 0 bridgehead atoms. The summed E-state index contributed by atoms with van der Waals surface area (Å²) in [6.07, 6.45) is 2.46. The second-order valence-electron chi connectivity index (χ2n) is 6.68. The largest absolute Gasteiger partial charge is 0.326 e. The summed E-state index contributed by atoms with van der Waals surface area (Å²) in [5.41, 5.74) is 4.87. The van der Waals surface area contributed by atoms with Gasteiger partial charge in [-0.1, -0.05) is 30.3 Å². The fourth-order valence-corrected chi connectivity index (χ4v) is 3.57. The molecule has 136 valence electrons. The summed E-state index contributed by atoms with van der Waals surface area (Å²) in [6.45, 7) is 5.43. The van der Waals surface area contributed by atoms with Gasteiger partial charge in [-0.3, -0.25) is 4.79 Å². The molecule has 2 heterocycles. The van der Waals surface area contributed by atoms with Crippen molar-refractivity contribution in [3.05, 3.63) is 77.7 Å². The van der Waals surface area contributed by atoms with Gasteiger partial charge in [-0.2, -0.15) is 0 Å². The van der Waals surface area contributed by atoms with Gasteiger partial charge in [0, 0.05) is 30.5 Å². The minimum Gasteiger partial charge on any atom is -0.326 e. The highest BCUT2D eigenvalue weighted by Gasteiger charge is 2.23. The second kappa shape index (κ2) is 7.19. The number of anilines is 3. The summed E-state index contributed by atoms with van der Waals surface area (Å²) in [6, 6.07) is 18.1. The summed E-state index contributed by atoms with van der Waals surface area (Å²) in [5, 5.41) is 0. The molecule has 0 atom stereocenters. The Morgan fingerprint density at radius 2 is 1.96 bits per heavy atom. The number of hydrogen-bond acceptors (Lipinski definition) is 4. The van der Waals surface area contributed by atoms with Gasteiger partial charge < -0.3 is 9.80 Å². The molecule has 0 saturated carbocycles. The zero-order valence-corrected chi connectivity index (χ0v) is 15.6. The summed E-state index contributed by atoms with van der Waals surface area (Å²) >= 11 is 0. The number of rotatable bonds is 4. The SMILES string of the molecule is CCN(C(=O)c1cc(N2CCc3ccccc32)ncn1)c1cccc(C)c1. The van der Waals surface area contributed by atoms with E-state index in [1.165, 1.54) is 11.9 Å². The Balaban J connectivity index is 1.65. The molecular formula is C22H22N4O. The lowest BCUT2D eigenvalue weighted by atomic mass is 10.2. The Morgan fingerprint density at radius 1 is 1.11 bits per heavy atom. The minimum absolute atomic E-state index is 0.112. The Hall–Kier alpha value is -3.21. The van der Waals surface area contributed by atoms with Crippen LogP contribution in [0, 0.1) is 6.92 Å². The van der Waals surface area contributed by atoms with Crippen molar-refractivity contribution in [3.8, 4) is 0 Å². The van der Waals surface area contributed by atoms with Gasteiger partial charge in [0.15, 0.2) is 0 Å². The van der Waals surface area contributed by atoms with E-state index in [4.69, 9.17) is 0 Å². The van der Waals surface area contributed by atoms with Gasteiger partial charge in [0.1, 0.15) is 17.8 Å². The van der Waals surface area contributed by atoms with Gasteiger partial charge in [-0.05, 0) is 49.6 Å². The van der Waals surface area contributed by atoms with Crippen molar-refractivity contribution in [2.45, 2.75) is 20.3 Å². The first kappa shape index (κ1) is 17.2. The van der Waals surface area contributed by atoms with E-state index in [-0.39, 0.29) is 5.91 Å². The molecule has 5 nitrogen and oxygen atoms in total. The molecule has 0 unspecified atom stereocenters. The first-order valence-electron chi connectivity index (χ1n) is 9.23. The molecular weight excluding hydrogens is 336 g/mol. The van der Waals surface area contributed by atoms with Crippen LogP contribution in [0.4, 0.5) is 17.2 Å². The molecule has 1 aromatic heterocycles. The predicted octanol–water partition coefficient (Wildman–Crippen LogP) is 4.15. The standard InChI is InChI=1S/C22H22N4O/c1-3-25(18-9-6-7-16(2)13-18)22(27)19-14-21(24-15-23-19)26-12-11-17-8-4-5-10-20(17)26/h4-10,13-15H,3,11-12H2,1-2H3. The van der Waals surface area contributed by atoms with Crippen LogP contribution in [0.25, 0.3) is 0 Å². The number of aromatic nitrogens is 2. The molecule has 0 N–H and O–H groups in total. The number of nitrogens with zero attached hydrogens (tertiary/aromatic N) is 4. The van der Waals surface area contributed by atoms with Crippen LogP contribution >= 0.6 is 0 Å². The molecule has 1 aliphatic heterocycles. The fourth-order valence-electron chi connectivity index (χ4n) is 3.57. The Bertz CT molecular complexity index is 985. The number of carbonyl (C=O) groups is 1. The molecule has 5 heteroatoms. The third kappa shape index (κ3) is 3.28. The van der Waals surface area contributed by atoms with Gasteiger partial charge in [0.2, 0.25) is 0 Å². The van der Waals surface area contributed by atoms with Crippen LogP contribution in [0.3, 0.4) is 0 Å². The van der Waals surface area contributed by atoms with Crippen molar-refractivity contribution in [2.75, 3.05) is 22.9 Å². The number of benzene rings is 2. The highest BCUT2D eigenvalue weighted by Crippen LogP contribution is 2.33. The Morgan fingerprint density at radius 3 is 2.78 bits per heavy atom. The number of hydrogen-bond donors (Lipinski definition) is 0. The molecule has 0 radical (unpaired) electrons. The van der Waals surface area contributed by atoms with Crippen LogP contribution < -0.4 is 9.80 Å². The number of fused-ring (bicyclic) bond motifs is 1. The van der Waals surface area contributed by atoms with Crippen LogP contribution in [-0.4, -0.2) is 29.0 Å². The van der Waals surface area contributed by atoms with Crippen LogP contribution in [-0.2, 0) is 6.42 Å². The van der Waals surface area contributed by atoms with Gasteiger partial charge in [0.05, 0.1) is 0 Å². The smallest absolute Gasteiger partial charge is 0.277 e.